The standard InChI is InChI=1S/C13H20N2O/c1-5-10(3)15-13(16)12-7-6-11(14-4)8-9(12)2/h6-8,10,14H,5H2,1-4H3,(H,15,16). The normalized spacial score (nSPS) is 12.0. The molecule has 0 fully saturated rings. The third-order valence-electron chi connectivity index (χ3n) is 2.75. The van der Waals surface area contributed by atoms with Gasteiger partial charge in [-0.15, -0.1) is 0 Å². The molecule has 3 nitrogen and oxygen atoms in total. The number of nitrogens with one attached hydrogen (secondary N) is 2. The monoisotopic (exact) mass is 220 g/mol. The van der Waals surface area contributed by atoms with Gasteiger partial charge in [0, 0.05) is 24.3 Å². The quantitative estimate of drug-likeness (QED) is 0.818. The number of hydrogen-bond acceptors (Lipinski definition) is 2. The van der Waals surface area contributed by atoms with Crippen LogP contribution in [0.1, 0.15) is 36.2 Å². The van der Waals surface area contributed by atoms with Crippen molar-refractivity contribution < 1.29 is 4.79 Å². The lowest BCUT2D eigenvalue weighted by molar-refractivity contribution is 0.0938. The first-order valence-corrected chi connectivity index (χ1v) is 5.67. The molecule has 0 aliphatic heterocycles. The summed E-state index contributed by atoms with van der Waals surface area (Å²) in [5.41, 5.74) is 2.77. The molecule has 2 N–H and O–H groups in total. The van der Waals surface area contributed by atoms with Gasteiger partial charge in [-0.3, -0.25) is 4.79 Å². The van der Waals surface area contributed by atoms with Crippen LogP contribution in [0.2, 0.25) is 0 Å². The highest BCUT2D eigenvalue weighted by Gasteiger charge is 2.10. The molecule has 88 valence electrons. The average molecular weight is 220 g/mol. The summed E-state index contributed by atoms with van der Waals surface area (Å²) in [6.45, 7) is 6.02. The molecule has 0 saturated heterocycles. The molecule has 0 aliphatic rings. The first-order chi connectivity index (χ1) is 7.58. The molecule has 0 aromatic heterocycles. The molecule has 0 saturated carbocycles. The number of carbonyl (C=O) groups is 1. The summed E-state index contributed by atoms with van der Waals surface area (Å²) in [6, 6.07) is 5.97. The van der Waals surface area contributed by atoms with E-state index in [1.54, 1.807) is 0 Å². The minimum atomic E-state index is 0.00880. The maximum absolute atomic E-state index is 11.9. The predicted molar refractivity (Wildman–Crippen MR) is 67.9 cm³/mol. The van der Waals surface area contributed by atoms with Gasteiger partial charge in [-0.05, 0) is 44.0 Å². The van der Waals surface area contributed by atoms with Crippen molar-refractivity contribution in [2.24, 2.45) is 0 Å². The Balaban J connectivity index is 2.84. The molecule has 16 heavy (non-hydrogen) atoms. The fourth-order valence-corrected chi connectivity index (χ4v) is 1.48. The van der Waals surface area contributed by atoms with Crippen molar-refractivity contribution in [1.82, 2.24) is 5.32 Å². The van der Waals surface area contributed by atoms with Crippen LogP contribution in [0.15, 0.2) is 18.2 Å². The van der Waals surface area contributed by atoms with Crippen molar-refractivity contribution in [3.05, 3.63) is 29.3 Å². The molecule has 1 aromatic rings. The lowest BCUT2D eigenvalue weighted by Gasteiger charge is -2.13. The maximum atomic E-state index is 11.9. The van der Waals surface area contributed by atoms with Crippen LogP contribution >= 0.6 is 0 Å². The van der Waals surface area contributed by atoms with Crippen LogP contribution in [0.5, 0.6) is 0 Å². The van der Waals surface area contributed by atoms with Crippen molar-refractivity contribution in [3.63, 3.8) is 0 Å². The Morgan fingerprint density at radius 3 is 2.62 bits per heavy atom. The topological polar surface area (TPSA) is 41.1 Å². The lowest BCUT2D eigenvalue weighted by atomic mass is 10.1. The van der Waals surface area contributed by atoms with E-state index >= 15 is 0 Å². The van der Waals surface area contributed by atoms with Gasteiger partial charge >= 0.3 is 0 Å². The number of amides is 1. The SMILES string of the molecule is CCC(C)NC(=O)c1ccc(NC)cc1C. The van der Waals surface area contributed by atoms with Gasteiger partial charge in [0.1, 0.15) is 0 Å². The Labute approximate surface area is 97.2 Å². The highest BCUT2D eigenvalue weighted by Crippen LogP contribution is 2.14. The van der Waals surface area contributed by atoms with Gasteiger partial charge in [-0.2, -0.15) is 0 Å². The van der Waals surface area contributed by atoms with E-state index in [2.05, 4.69) is 17.6 Å². The summed E-state index contributed by atoms with van der Waals surface area (Å²) < 4.78 is 0. The second kappa shape index (κ2) is 5.54. The van der Waals surface area contributed by atoms with Gasteiger partial charge < -0.3 is 10.6 Å². The highest BCUT2D eigenvalue weighted by atomic mass is 16.1. The Morgan fingerprint density at radius 2 is 2.12 bits per heavy atom. The number of aryl methyl sites for hydroxylation is 1. The van der Waals surface area contributed by atoms with Gasteiger partial charge in [0.2, 0.25) is 0 Å². The van der Waals surface area contributed by atoms with Gasteiger partial charge in [-0.25, -0.2) is 0 Å². The van der Waals surface area contributed by atoms with Crippen molar-refractivity contribution >= 4 is 11.6 Å². The van der Waals surface area contributed by atoms with Crippen molar-refractivity contribution in [3.8, 4) is 0 Å². The van der Waals surface area contributed by atoms with Gasteiger partial charge in [0.15, 0.2) is 0 Å². The number of rotatable bonds is 4. The van der Waals surface area contributed by atoms with Gasteiger partial charge in [0.25, 0.3) is 5.91 Å². The van der Waals surface area contributed by atoms with Crippen LogP contribution in [0, 0.1) is 6.92 Å². The van der Waals surface area contributed by atoms with E-state index in [4.69, 9.17) is 0 Å². The second-order valence-corrected chi connectivity index (χ2v) is 4.06. The van der Waals surface area contributed by atoms with E-state index < -0.39 is 0 Å². The third-order valence-corrected chi connectivity index (χ3v) is 2.75. The van der Waals surface area contributed by atoms with Crippen LogP contribution in [0.3, 0.4) is 0 Å². The Kier molecular flexibility index (Phi) is 4.35. The zero-order valence-corrected chi connectivity index (χ0v) is 10.4. The second-order valence-electron chi connectivity index (χ2n) is 4.06. The summed E-state index contributed by atoms with van der Waals surface area (Å²) in [7, 11) is 1.87. The summed E-state index contributed by atoms with van der Waals surface area (Å²) in [6.07, 6.45) is 0.944. The molecule has 1 unspecified atom stereocenters. The maximum Gasteiger partial charge on any atom is 0.251 e. The van der Waals surface area contributed by atoms with Gasteiger partial charge in [0.05, 0.1) is 0 Å². The summed E-state index contributed by atoms with van der Waals surface area (Å²) in [5, 5.41) is 6.02. The fraction of sp³-hybridized carbons (Fsp3) is 0.462. The smallest absolute Gasteiger partial charge is 0.251 e. The summed E-state index contributed by atoms with van der Waals surface area (Å²) in [4.78, 5) is 11.9. The molecule has 0 heterocycles. The first-order valence-electron chi connectivity index (χ1n) is 5.67. The number of benzene rings is 1. The van der Waals surface area contributed by atoms with Crippen molar-refractivity contribution in [1.29, 1.82) is 0 Å². The Morgan fingerprint density at radius 1 is 1.44 bits per heavy atom. The van der Waals surface area contributed by atoms with E-state index in [-0.39, 0.29) is 11.9 Å². The minimum absolute atomic E-state index is 0.00880. The molecule has 1 rings (SSSR count). The molecule has 1 amide bonds. The van der Waals surface area contributed by atoms with Crippen LogP contribution in [-0.2, 0) is 0 Å². The van der Waals surface area contributed by atoms with Crippen LogP contribution in [0.25, 0.3) is 0 Å². The summed E-state index contributed by atoms with van der Waals surface area (Å²) >= 11 is 0. The Hall–Kier alpha value is -1.51. The fourth-order valence-electron chi connectivity index (χ4n) is 1.48. The number of carbonyl (C=O) groups excluding carboxylic acids is 1. The summed E-state index contributed by atoms with van der Waals surface area (Å²) in [5.74, 6) is 0.00880. The zero-order chi connectivity index (χ0) is 12.1. The highest BCUT2D eigenvalue weighted by molar-refractivity contribution is 5.96. The number of anilines is 1. The minimum Gasteiger partial charge on any atom is -0.388 e. The predicted octanol–water partition coefficient (Wildman–Crippen LogP) is 2.57. The van der Waals surface area contributed by atoms with Crippen LogP contribution < -0.4 is 10.6 Å². The zero-order valence-electron chi connectivity index (χ0n) is 10.4. The molecule has 1 aromatic carbocycles. The largest absolute Gasteiger partial charge is 0.388 e. The van der Waals surface area contributed by atoms with E-state index in [0.717, 1.165) is 23.2 Å². The van der Waals surface area contributed by atoms with E-state index in [1.807, 2.05) is 39.1 Å². The lowest BCUT2D eigenvalue weighted by Crippen LogP contribution is -2.32. The third kappa shape index (κ3) is 2.99. The molecule has 0 spiro atoms. The van der Waals surface area contributed by atoms with Crippen LogP contribution in [-0.4, -0.2) is 19.0 Å². The first kappa shape index (κ1) is 12.6. The van der Waals surface area contributed by atoms with Crippen molar-refractivity contribution in [2.75, 3.05) is 12.4 Å². The molecule has 3 heteroatoms. The van der Waals surface area contributed by atoms with E-state index in [1.165, 1.54) is 0 Å². The van der Waals surface area contributed by atoms with E-state index in [0.29, 0.717) is 0 Å². The molecule has 0 bridgehead atoms. The van der Waals surface area contributed by atoms with Crippen LogP contribution in [0.4, 0.5) is 5.69 Å². The molecule has 0 radical (unpaired) electrons. The molecular formula is C13H20N2O. The molecule has 1 atom stereocenters. The van der Waals surface area contributed by atoms with Crippen molar-refractivity contribution in [2.45, 2.75) is 33.2 Å². The molecule has 0 aliphatic carbocycles. The van der Waals surface area contributed by atoms with Gasteiger partial charge in [-0.1, -0.05) is 6.92 Å². The Bertz CT molecular complexity index is 374. The average Bonchev–Trinajstić information content (AvgIpc) is 2.28. The number of hydrogen-bond donors (Lipinski definition) is 2. The molecular weight excluding hydrogens is 200 g/mol. The van der Waals surface area contributed by atoms with E-state index in [9.17, 15) is 4.79 Å².